The minimum Gasteiger partial charge on any atom is -0.497 e. The molecule has 0 saturated heterocycles. The molecule has 0 aliphatic carbocycles. The number of nitrogens with zero attached hydrogens (tertiary/aromatic N) is 1. The van der Waals surface area contributed by atoms with Crippen molar-refractivity contribution in [1.82, 2.24) is 0 Å². The summed E-state index contributed by atoms with van der Waals surface area (Å²) in [5, 5.41) is 3.21. The van der Waals surface area contributed by atoms with Crippen LogP contribution in [-0.4, -0.2) is 40.8 Å². The predicted octanol–water partition coefficient (Wildman–Crippen LogP) is 3.54. The number of anilines is 2. The molecule has 1 unspecified atom stereocenters. The van der Waals surface area contributed by atoms with Crippen LogP contribution in [0.1, 0.15) is 13.3 Å². The Kier molecular flexibility index (Phi) is 7.15. The zero-order chi connectivity index (χ0) is 20.9. The molecule has 0 saturated carbocycles. The number of benzene rings is 2. The first-order valence-corrected chi connectivity index (χ1v) is 10.7. The Morgan fingerprint density at radius 3 is 2.29 bits per heavy atom. The molecule has 1 N–H and O–H groups in total. The SMILES string of the molecule is CCC(C(=O)Nc1cc(OC)ccc1OC)N(c1ccc(Cl)cc1)S(C)(=O)=O. The minimum atomic E-state index is -3.73. The van der Waals surface area contributed by atoms with Crippen LogP contribution < -0.4 is 19.1 Å². The van der Waals surface area contributed by atoms with E-state index in [1.54, 1.807) is 49.4 Å². The maximum atomic E-state index is 13.0. The summed E-state index contributed by atoms with van der Waals surface area (Å²) >= 11 is 5.90. The average molecular weight is 427 g/mol. The molecule has 9 heteroatoms. The van der Waals surface area contributed by atoms with Crippen LogP contribution in [0.4, 0.5) is 11.4 Å². The largest absolute Gasteiger partial charge is 0.497 e. The predicted molar refractivity (Wildman–Crippen MR) is 111 cm³/mol. The summed E-state index contributed by atoms with van der Waals surface area (Å²) in [5.41, 5.74) is 0.737. The molecule has 152 valence electrons. The molecule has 0 bridgehead atoms. The van der Waals surface area contributed by atoms with E-state index >= 15 is 0 Å². The molecule has 1 amide bonds. The number of carbonyl (C=O) groups is 1. The number of hydrogen-bond donors (Lipinski definition) is 1. The van der Waals surface area contributed by atoms with Gasteiger partial charge in [0.1, 0.15) is 17.5 Å². The van der Waals surface area contributed by atoms with Crippen LogP contribution in [0.2, 0.25) is 5.02 Å². The highest BCUT2D eigenvalue weighted by atomic mass is 35.5. The molecule has 0 aromatic heterocycles. The average Bonchev–Trinajstić information content (AvgIpc) is 2.65. The molecule has 0 fully saturated rings. The number of nitrogens with one attached hydrogen (secondary N) is 1. The van der Waals surface area contributed by atoms with Gasteiger partial charge in [-0.1, -0.05) is 18.5 Å². The fraction of sp³-hybridized carbons (Fsp3) is 0.316. The second kappa shape index (κ2) is 9.16. The van der Waals surface area contributed by atoms with E-state index in [9.17, 15) is 13.2 Å². The van der Waals surface area contributed by atoms with Gasteiger partial charge in [-0.05, 0) is 42.8 Å². The molecule has 0 aliphatic heterocycles. The van der Waals surface area contributed by atoms with Gasteiger partial charge in [0.25, 0.3) is 0 Å². The number of rotatable bonds is 8. The summed E-state index contributed by atoms with van der Waals surface area (Å²) in [6.07, 6.45) is 1.32. The summed E-state index contributed by atoms with van der Waals surface area (Å²) in [6.45, 7) is 1.74. The number of hydrogen-bond acceptors (Lipinski definition) is 5. The van der Waals surface area contributed by atoms with Crippen molar-refractivity contribution >= 4 is 38.9 Å². The van der Waals surface area contributed by atoms with E-state index in [1.165, 1.54) is 14.2 Å². The van der Waals surface area contributed by atoms with Gasteiger partial charge in [0, 0.05) is 11.1 Å². The highest BCUT2D eigenvalue weighted by molar-refractivity contribution is 7.92. The third-order valence-corrected chi connectivity index (χ3v) is 5.51. The van der Waals surface area contributed by atoms with Crippen LogP contribution in [0.15, 0.2) is 42.5 Å². The van der Waals surface area contributed by atoms with Gasteiger partial charge >= 0.3 is 0 Å². The van der Waals surface area contributed by atoms with Crippen LogP contribution in [0.25, 0.3) is 0 Å². The molecule has 2 aromatic carbocycles. The number of carbonyl (C=O) groups excluding carboxylic acids is 1. The number of halogens is 1. The lowest BCUT2D eigenvalue weighted by molar-refractivity contribution is -0.117. The van der Waals surface area contributed by atoms with Crippen molar-refractivity contribution in [2.45, 2.75) is 19.4 Å². The number of ether oxygens (including phenoxy) is 2. The van der Waals surface area contributed by atoms with Gasteiger partial charge in [-0.2, -0.15) is 0 Å². The third kappa shape index (κ3) is 5.08. The lowest BCUT2D eigenvalue weighted by atomic mass is 10.1. The van der Waals surface area contributed by atoms with E-state index in [1.807, 2.05) is 0 Å². The van der Waals surface area contributed by atoms with Gasteiger partial charge in [0.05, 0.1) is 31.9 Å². The summed E-state index contributed by atoms with van der Waals surface area (Å²) in [4.78, 5) is 13.0. The van der Waals surface area contributed by atoms with Crippen LogP contribution in [0.3, 0.4) is 0 Å². The van der Waals surface area contributed by atoms with E-state index < -0.39 is 22.0 Å². The quantitative estimate of drug-likeness (QED) is 0.697. The maximum Gasteiger partial charge on any atom is 0.248 e. The zero-order valence-corrected chi connectivity index (χ0v) is 17.7. The molecule has 0 heterocycles. The van der Waals surface area contributed by atoms with Gasteiger partial charge in [-0.25, -0.2) is 8.42 Å². The third-order valence-electron chi connectivity index (χ3n) is 4.08. The molecular formula is C19H23ClN2O5S. The van der Waals surface area contributed by atoms with Crippen molar-refractivity contribution in [2.75, 3.05) is 30.1 Å². The molecular weight excluding hydrogens is 404 g/mol. The molecule has 1 atom stereocenters. The van der Waals surface area contributed by atoms with Crippen molar-refractivity contribution in [3.05, 3.63) is 47.5 Å². The number of methoxy groups -OCH3 is 2. The van der Waals surface area contributed by atoms with E-state index in [4.69, 9.17) is 21.1 Å². The lowest BCUT2D eigenvalue weighted by Gasteiger charge is -2.30. The van der Waals surface area contributed by atoms with Crippen molar-refractivity contribution in [1.29, 1.82) is 0 Å². The summed E-state index contributed by atoms with van der Waals surface area (Å²) in [7, 11) is -0.749. The first kappa shape index (κ1) is 21.8. The first-order valence-electron chi connectivity index (χ1n) is 8.49. The molecule has 2 rings (SSSR count). The molecule has 2 aromatic rings. The molecule has 0 spiro atoms. The zero-order valence-electron chi connectivity index (χ0n) is 16.1. The van der Waals surface area contributed by atoms with E-state index in [0.29, 0.717) is 27.9 Å². The van der Waals surface area contributed by atoms with Crippen LogP contribution in [0, 0.1) is 0 Å². The lowest BCUT2D eigenvalue weighted by Crippen LogP contribution is -2.47. The number of amides is 1. The molecule has 0 aliphatic rings. The standard InChI is InChI=1S/C19H23ClN2O5S/c1-5-17(22(28(4,24)25)14-8-6-13(20)7-9-14)19(23)21-16-12-15(26-2)10-11-18(16)27-3/h6-12,17H,5H2,1-4H3,(H,21,23). The van der Waals surface area contributed by atoms with Gasteiger partial charge < -0.3 is 14.8 Å². The van der Waals surface area contributed by atoms with Gasteiger partial charge in [0.15, 0.2) is 0 Å². The van der Waals surface area contributed by atoms with Crippen molar-refractivity contribution in [3.63, 3.8) is 0 Å². The highest BCUT2D eigenvalue weighted by Crippen LogP contribution is 2.30. The Labute approximate surface area is 170 Å². The smallest absolute Gasteiger partial charge is 0.248 e. The van der Waals surface area contributed by atoms with Crippen LogP contribution in [0.5, 0.6) is 11.5 Å². The summed E-state index contributed by atoms with van der Waals surface area (Å²) in [5.74, 6) is 0.470. The van der Waals surface area contributed by atoms with E-state index in [-0.39, 0.29) is 6.42 Å². The maximum absolute atomic E-state index is 13.0. The fourth-order valence-corrected chi connectivity index (χ4v) is 4.11. The molecule has 0 radical (unpaired) electrons. The van der Waals surface area contributed by atoms with Crippen LogP contribution >= 0.6 is 11.6 Å². The van der Waals surface area contributed by atoms with E-state index in [0.717, 1.165) is 10.6 Å². The Balaban J connectivity index is 2.41. The minimum absolute atomic E-state index is 0.258. The summed E-state index contributed by atoms with van der Waals surface area (Å²) in [6, 6.07) is 10.3. The van der Waals surface area contributed by atoms with Crippen molar-refractivity contribution in [3.8, 4) is 11.5 Å². The van der Waals surface area contributed by atoms with Crippen molar-refractivity contribution in [2.24, 2.45) is 0 Å². The normalized spacial score (nSPS) is 12.2. The molecule has 7 nitrogen and oxygen atoms in total. The number of sulfonamides is 1. The topological polar surface area (TPSA) is 84.9 Å². The Bertz CT molecular complexity index is 932. The van der Waals surface area contributed by atoms with E-state index in [2.05, 4.69) is 5.32 Å². The molecule has 28 heavy (non-hydrogen) atoms. The second-order valence-corrected chi connectivity index (χ2v) is 8.31. The van der Waals surface area contributed by atoms with Gasteiger partial charge in [-0.3, -0.25) is 9.10 Å². The van der Waals surface area contributed by atoms with Crippen LogP contribution in [-0.2, 0) is 14.8 Å². The Morgan fingerprint density at radius 2 is 1.79 bits per heavy atom. The van der Waals surface area contributed by atoms with Crippen molar-refractivity contribution < 1.29 is 22.7 Å². The van der Waals surface area contributed by atoms with Gasteiger partial charge in [-0.15, -0.1) is 0 Å². The Hall–Kier alpha value is -2.45. The summed E-state index contributed by atoms with van der Waals surface area (Å²) < 4.78 is 36.5. The first-order chi connectivity index (χ1) is 13.2. The highest BCUT2D eigenvalue weighted by Gasteiger charge is 2.32. The second-order valence-electron chi connectivity index (χ2n) is 6.01. The fourth-order valence-electron chi connectivity index (χ4n) is 2.78. The monoisotopic (exact) mass is 426 g/mol. The van der Waals surface area contributed by atoms with Gasteiger partial charge in [0.2, 0.25) is 15.9 Å². The Morgan fingerprint density at radius 1 is 1.14 bits per heavy atom.